The minimum Gasteiger partial charge on any atom is -0.301 e. The van der Waals surface area contributed by atoms with Gasteiger partial charge in [-0.25, -0.2) is 9.37 Å². The molecule has 0 radical (unpaired) electrons. The molecule has 0 aliphatic rings. The number of halogens is 1. The molecule has 2 aromatic rings. The molecule has 0 fully saturated rings. The zero-order chi connectivity index (χ0) is 13.1. The monoisotopic (exact) mass is 265 g/mol. The van der Waals surface area contributed by atoms with Crippen LogP contribution in [0.5, 0.6) is 0 Å². The largest absolute Gasteiger partial charge is 0.301 e. The van der Waals surface area contributed by atoms with Crippen LogP contribution in [0.2, 0.25) is 0 Å². The third-order valence-corrected chi connectivity index (χ3v) is 3.32. The molecule has 0 aromatic carbocycles. The third-order valence-electron chi connectivity index (χ3n) is 2.42. The first-order chi connectivity index (χ1) is 8.56. The van der Waals surface area contributed by atoms with Crippen LogP contribution in [0.1, 0.15) is 16.8 Å². The zero-order valence-corrected chi connectivity index (χ0v) is 10.8. The van der Waals surface area contributed by atoms with Crippen LogP contribution in [0.25, 0.3) is 0 Å². The molecular formula is C12H12FN3OS. The Labute approximate surface area is 108 Å². The highest BCUT2D eigenvalue weighted by atomic mass is 32.2. The molecule has 2 aromatic heterocycles. The lowest BCUT2D eigenvalue weighted by atomic mass is 10.2. The van der Waals surface area contributed by atoms with E-state index in [1.54, 1.807) is 20.0 Å². The first kappa shape index (κ1) is 12.8. The molecule has 1 N–H and O–H groups in total. The van der Waals surface area contributed by atoms with Gasteiger partial charge in [-0.15, -0.1) is 0 Å². The van der Waals surface area contributed by atoms with Crippen LogP contribution in [-0.2, 0) is 5.75 Å². The highest BCUT2D eigenvalue weighted by Crippen LogP contribution is 2.22. The molecule has 0 saturated carbocycles. The van der Waals surface area contributed by atoms with Crippen molar-refractivity contribution in [3.05, 3.63) is 51.5 Å². The molecule has 2 rings (SSSR count). The Morgan fingerprint density at radius 2 is 2.17 bits per heavy atom. The summed E-state index contributed by atoms with van der Waals surface area (Å²) >= 11 is 1.30. The third kappa shape index (κ3) is 2.95. The number of nitrogens with one attached hydrogen (secondary N) is 1. The van der Waals surface area contributed by atoms with Gasteiger partial charge in [-0.2, -0.15) is 0 Å². The van der Waals surface area contributed by atoms with Gasteiger partial charge >= 0.3 is 0 Å². The summed E-state index contributed by atoms with van der Waals surface area (Å²) in [5, 5.41) is 0.496. The second-order valence-corrected chi connectivity index (χ2v) is 4.86. The van der Waals surface area contributed by atoms with Crippen LogP contribution in [-0.4, -0.2) is 15.0 Å². The van der Waals surface area contributed by atoms with Crippen molar-refractivity contribution in [2.45, 2.75) is 24.8 Å². The highest BCUT2D eigenvalue weighted by Gasteiger charge is 2.08. The average molecular weight is 265 g/mol. The number of rotatable bonds is 3. The number of aryl methyl sites for hydroxylation is 2. The second-order valence-electron chi connectivity index (χ2n) is 3.90. The van der Waals surface area contributed by atoms with Gasteiger partial charge in [0.05, 0.1) is 6.20 Å². The summed E-state index contributed by atoms with van der Waals surface area (Å²) in [5.74, 6) is 0.0737. The minimum absolute atomic E-state index is 0.197. The van der Waals surface area contributed by atoms with Crippen LogP contribution in [0.4, 0.5) is 4.39 Å². The summed E-state index contributed by atoms with van der Waals surface area (Å²) < 4.78 is 13.5. The molecule has 0 atom stereocenters. The van der Waals surface area contributed by atoms with E-state index in [0.29, 0.717) is 22.2 Å². The normalized spacial score (nSPS) is 10.6. The van der Waals surface area contributed by atoms with E-state index < -0.39 is 0 Å². The SMILES string of the molecule is Cc1cc(=O)[nH]c(SCc2c(C)cncc2F)n1. The van der Waals surface area contributed by atoms with Crippen molar-refractivity contribution in [2.75, 3.05) is 0 Å². The maximum absolute atomic E-state index is 13.5. The van der Waals surface area contributed by atoms with E-state index in [0.717, 1.165) is 5.56 Å². The average Bonchev–Trinajstić information content (AvgIpc) is 2.27. The molecule has 0 unspecified atom stereocenters. The number of H-pyrrole nitrogens is 1. The van der Waals surface area contributed by atoms with Crippen molar-refractivity contribution >= 4 is 11.8 Å². The van der Waals surface area contributed by atoms with Crippen molar-refractivity contribution < 1.29 is 4.39 Å². The predicted octanol–water partition coefficient (Wildman–Crippen LogP) is 2.21. The quantitative estimate of drug-likeness (QED) is 0.683. The van der Waals surface area contributed by atoms with Gasteiger partial charge in [0.2, 0.25) is 0 Å². The van der Waals surface area contributed by atoms with Gasteiger partial charge in [0.1, 0.15) is 5.82 Å². The number of hydrogen-bond donors (Lipinski definition) is 1. The van der Waals surface area contributed by atoms with E-state index in [1.165, 1.54) is 24.0 Å². The molecule has 4 nitrogen and oxygen atoms in total. The lowest BCUT2D eigenvalue weighted by Crippen LogP contribution is -2.08. The molecule has 0 bridgehead atoms. The number of aromatic amines is 1. The Hall–Kier alpha value is -1.69. The van der Waals surface area contributed by atoms with Gasteiger partial charge in [-0.1, -0.05) is 11.8 Å². The standard InChI is InChI=1S/C12H12FN3OS/c1-7-4-14-5-10(13)9(7)6-18-12-15-8(2)3-11(17)16-12/h3-5H,6H2,1-2H3,(H,15,16,17). The molecule has 6 heteroatoms. The smallest absolute Gasteiger partial charge is 0.251 e. The van der Waals surface area contributed by atoms with E-state index in [1.807, 2.05) is 0 Å². The molecule has 0 saturated heterocycles. The van der Waals surface area contributed by atoms with Crippen molar-refractivity contribution in [3.63, 3.8) is 0 Å². The lowest BCUT2D eigenvalue weighted by Gasteiger charge is -2.06. The number of pyridine rings is 1. The first-order valence-corrected chi connectivity index (χ1v) is 6.34. The number of hydrogen-bond acceptors (Lipinski definition) is 4. The van der Waals surface area contributed by atoms with Gasteiger partial charge in [0, 0.05) is 29.3 Å². The zero-order valence-electron chi connectivity index (χ0n) is 10.0. The predicted molar refractivity (Wildman–Crippen MR) is 68.1 cm³/mol. The maximum Gasteiger partial charge on any atom is 0.251 e. The van der Waals surface area contributed by atoms with Crippen molar-refractivity contribution in [3.8, 4) is 0 Å². The first-order valence-electron chi connectivity index (χ1n) is 5.36. The van der Waals surface area contributed by atoms with Crippen LogP contribution in [0.15, 0.2) is 28.4 Å². The molecule has 94 valence electrons. The lowest BCUT2D eigenvalue weighted by molar-refractivity contribution is 0.608. The Kier molecular flexibility index (Phi) is 3.76. The Morgan fingerprint density at radius 3 is 2.83 bits per heavy atom. The van der Waals surface area contributed by atoms with Gasteiger partial charge in [0.15, 0.2) is 5.16 Å². The van der Waals surface area contributed by atoms with Gasteiger partial charge in [0.25, 0.3) is 5.56 Å². The molecule has 18 heavy (non-hydrogen) atoms. The summed E-state index contributed by atoms with van der Waals surface area (Å²) in [4.78, 5) is 21.8. The van der Waals surface area contributed by atoms with Gasteiger partial charge in [-0.3, -0.25) is 9.78 Å². The Bertz CT molecular complexity index is 607. The summed E-state index contributed by atoms with van der Waals surface area (Å²) in [6.45, 7) is 3.55. The van der Waals surface area contributed by atoms with Crippen LogP contribution < -0.4 is 5.56 Å². The fraction of sp³-hybridized carbons (Fsp3) is 0.250. The summed E-state index contributed by atoms with van der Waals surface area (Å²) in [6.07, 6.45) is 2.81. The maximum atomic E-state index is 13.5. The van der Waals surface area contributed by atoms with Crippen LogP contribution >= 0.6 is 11.8 Å². The number of aromatic nitrogens is 3. The minimum atomic E-state index is -0.336. The molecule has 2 heterocycles. The molecule has 0 spiro atoms. The molecule has 0 aliphatic heterocycles. The molecule has 0 amide bonds. The van der Waals surface area contributed by atoms with Crippen molar-refractivity contribution in [1.29, 1.82) is 0 Å². The van der Waals surface area contributed by atoms with Crippen molar-refractivity contribution in [2.24, 2.45) is 0 Å². The molecule has 0 aliphatic carbocycles. The summed E-state index contributed by atoms with van der Waals surface area (Å²) in [5.41, 5.74) is 1.82. The Morgan fingerprint density at radius 1 is 1.39 bits per heavy atom. The van der Waals surface area contributed by atoms with E-state index in [-0.39, 0.29) is 11.4 Å². The van der Waals surface area contributed by atoms with Gasteiger partial charge < -0.3 is 4.98 Å². The fourth-order valence-corrected chi connectivity index (χ4v) is 2.53. The van der Waals surface area contributed by atoms with E-state index in [9.17, 15) is 9.18 Å². The van der Waals surface area contributed by atoms with E-state index in [4.69, 9.17) is 0 Å². The second kappa shape index (κ2) is 5.30. The summed E-state index contributed by atoms with van der Waals surface area (Å²) in [7, 11) is 0. The molecular weight excluding hydrogens is 253 g/mol. The fourth-order valence-electron chi connectivity index (χ4n) is 1.50. The summed E-state index contributed by atoms with van der Waals surface area (Å²) in [6, 6.07) is 1.42. The van der Waals surface area contributed by atoms with Crippen LogP contribution in [0, 0.1) is 19.7 Å². The van der Waals surface area contributed by atoms with Crippen LogP contribution in [0.3, 0.4) is 0 Å². The van der Waals surface area contributed by atoms with E-state index in [2.05, 4.69) is 15.0 Å². The van der Waals surface area contributed by atoms with E-state index >= 15 is 0 Å². The Balaban J connectivity index is 2.19. The van der Waals surface area contributed by atoms with Crippen molar-refractivity contribution in [1.82, 2.24) is 15.0 Å². The topological polar surface area (TPSA) is 58.6 Å². The number of nitrogens with zero attached hydrogens (tertiary/aromatic N) is 2. The number of thioether (sulfide) groups is 1. The van der Waals surface area contributed by atoms with Gasteiger partial charge in [-0.05, 0) is 19.4 Å². The highest BCUT2D eigenvalue weighted by molar-refractivity contribution is 7.98.